The first-order valence-electron chi connectivity index (χ1n) is 6.47. The Morgan fingerprint density at radius 1 is 0.947 bits per heavy atom. The van der Waals surface area contributed by atoms with Crippen LogP contribution in [0.2, 0.25) is 0 Å². The molecule has 0 unspecified atom stereocenters. The number of anilines is 1. The largest absolute Gasteiger partial charge is 0.381 e. The van der Waals surface area contributed by atoms with E-state index in [1.165, 1.54) is 11.6 Å². The number of rotatable bonds is 5. The van der Waals surface area contributed by atoms with E-state index in [9.17, 15) is 8.78 Å². The van der Waals surface area contributed by atoms with E-state index in [4.69, 9.17) is 0 Å². The zero-order valence-corrected chi connectivity index (χ0v) is 10.9. The second kappa shape index (κ2) is 6.32. The van der Waals surface area contributed by atoms with Crippen molar-refractivity contribution in [2.75, 3.05) is 5.32 Å². The Labute approximate surface area is 112 Å². The number of nitrogens with one attached hydrogen (secondary N) is 1. The van der Waals surface area contributed by atoms with Crippen LogP contribution in [0.5, 0.6) is 0 Å². The fourth-order valence-electron chi connectivity index (χ4n) is 2.06. The lowest BCUT2D eigenvalue weighted by Crippen LogP contribution is -2.05. The number of para-hydroxylation sites is 1. The normalized spacial score (nSPS) is 10.5. The quantitative estimate of drug-likeness (QED) is 0.833. The molecule has 1 nitrogen and oxygen atoms in total. The number of halogens is 2. The van der Waals surface area contributed by atoms with E-state index in [1.54, 1.807) is 6.07 Å². The standard InChI is InChI=1S/C16H17F2N/c1-2-6-12-7-3-4-10-15(12)19-11-13-8-5-9-14(17)16(13)18/h3-5,7-10,19H,2,6,11H2,1H3. The molecule has 2 rings (SSSR count). The van der Waals surface area contributed by atoms with Crippen molar-refractivity contribution in [3.05, 3.63) is 65.2 Å². The van der Waals surface area contributed by atoms with E-state index in [0.29, 0.717) is 5.56 Å². The van der Waals surface area contributed by atoms with Crippen molar-refractivity contribution in [2.24, 2.45) is 0 Å². The van der Waals surface area contributed by atoms with Gasteiger partial charge in [-0.2, -0.15) is 0 Å². The maximum atomic E-state index is 13.5. The molecule has 0 saturated heterocycles. The minimum absolute atomic E-state index is 0.282. The van der Waals surface area contributed by atoms with Crippen LogP contribution in [0.3, 0.4) is 0 Å². The summed E-state index contributed by atoms with van der Waals surface area (Å²) in [6.45, 7) is 2.40. The molecule has 0 aromatic heterocycles. The number of benzene rings is 2. The fraction of sp³-hybridized carbons (Fsp3) is 0.250. The van der Waals surface area contributed by atoms with E-state index < -0.39 is 11.6 Å². The Balaban J connectivity index is 2.12. The summed E-state index contributed by atoms with van der Waals surface area (Å²) in [6, 6.07) is 12.2. The molecule has 0 fully saturated rings. The SMILES string of the molecule is CCCc1ccccc1NCc1cccc(F)c1F. The summed E-state index contributed by atoms with van der Waals surface area (Å²) in [5.41, 5.74) is 2.51. The van der Waals surface area contributed by atoms with Crippen molar-refractivity contribution in [2.45, 2.75) is 26.3 Å². The Kier molecular flexibility index (Phi) is 4.50. The third-order valence-corrected chi connectivity index (χ3v) is 3.04. The molecule has 0 radical (unpaired) electrons. The Bertz CT molecular complexity index is 552. The van der Waals surface area contributed by atoms with Crippen molar-refractivity contribution in [1.82, 2.24) is 0 Å². The number of hydrogen-bond acceptors (Lipinski definition) is 1. The van der Waals surface area contributed by atoms with Crippen LogP contribution in [0.25, 0.3) is 0 Å². The van der Waals surface area contributed by atoms with Crippen LogP contribution in [-0.4, -0.2) is 0 Å². The third-order valence-electron chi connectivity index (χ3n) is 3.04. The van der Waals surface area contributed by atoms with Crippen LogP contribution in [0.4, 0.5) is 14.5 Å². The van der Waals surface area contributed by atoms with E-state index in [1.807, 2.05) is 24.3 Å². The predicted octanol–water partition coefficient (Wildman–Crippen LogP) is 4.53. The summed E-state index contributed by atoms with van der Waals surface area (Å²) < 4.78 is 26.6. The zero-order chi connectivity index (χ0) is 13.7. The summed E-state index contributed by atoms with van der Waals surface area (Å²) in [6.07, 6.45) is 2.02. The van der Waals surface area contributed by atoms with Gasteiger partial charge in [0.2, 0.25) is 0 Å². The number of hydrogen-bond donors (Lipinski definition) is 1. The lowest BCUT2D eigenvalue weighted by molar-refractivity contribution is 0.500. The molecule has 19 heavy (non-hydrogen) atoms. The van der Waals surface area contributed by atoms with Crippen molar-refractivity contribution in [3.8, 4) is 0 Å². The van der Waals surface area contributed by atoms with E-state index >= 15 is 0 Å². The lowest BCUT2D eigenvalue weighted by Gasteiger charge is -2.12. The smallest absolute Gasteiger partial charge is 0.163 e. The highest BCUT2D eigenvalue weighted by atomic mass is 19.2. The van der Waals surface area contributed by atoms with Gasteiger partial charge in [0.25, 0.3) is 0 Å². The van der Waals surface area contributed by atoms with Crippen LogP contribution in [0.15, 0.2) is 42.5 Å². The van der Waals surface area contributed by atoms with Gasteiger partial charge in [-0.05, 0) is 24.1 Å². The van der Waals surface area contributed by atoms with Gasteiger partial charge in [-0.15, -0.1) is 0 Å². The van der Waals surface area contributed by atoms with Crippen LogP contribution >= 0.6 is 0 Å². The molecule has 0 atom stereocenters. The first-order valence-corrected chi connectivity index (χ1v) is 6.47. The molecule has 0 aliphatic heterocycles. The van der Waals surface area contributed by atoms with Crippen LogP contribution < -0.4 is 5.32 Å². The molecule has 0 aliphatic rings. The van der Waals surface area contributed by atoms with Crippen LogP contribution in [0.1, 0.15) is 24.5 Å². The van der Waals surface area contributed by atoms with Gasteiger partial charge in [-0.1, -0.05) is 43.7 Å². The molecule has 0 saturated carbocycles. The van der Waals surface area contributed by atoms with E-state index in [-0.39, 0.29) is 6.54 Å². The fourth-order valence-corrected chi connectivity index (χ4v) is 2.06. The summed E-state index contributed by atoms with van der Waals surface area (Å²) >= 11 is 0. The average molecular weight is 261 g/mol. The summed E-state index contributed by atoms with van der Waals surface area (Å²) in [4.78, 5) is 0. The molecular weight excluding hydrogens is 244 g/mol. The first-order chi connectivity index (χ1) is 9.22. The Morgan fingerprint density at radius 3 is 2.47 bits per heavy atom. The van der Waals surface area contributed by atoms with Gasteiger partial charge in [0.05, 0.1) is 0 Å². The maximum Gasteiger partial charge on any atom is 0.163 e. The summed E-state index contributed by atoms with van der Waals surface area (Å²) in [5.74, 6) is -1.58. The highest BCUT2D eigenvalue weighted by Crippen LogP contribution is 2.19. The highest BCUT2D eigenvalue weighted by molar-refractivity contribution is 5.51. The highest BCUT2D eigenvalue weighted by Gasteiger charge is 2.07. The van der Waals surface area contributed by atoms with Crippen LogP contribution in [-0.2, 0) is 13.0 Å². The Morgan fingerprint density at radius 2 is 1.68 bits per heavy atom. The topological polar surface area (TPSA) is 12.0 Å². The average Bonchev–Trinajstić information content (AvgIpc) is 2.42. The van der Waals surface area contributed by atoms with Gasteiger partial charge >= 0.3 is 0 Å². The van der Waals surface area contributed by atoms with Crippen molar-refractivity contribution >= 4 is 5.69 Å². The first kappa shape index (κ1) is 13.5. The maximum absolute atomic E-state index is 13.5. The molecule has 3 heteroatoms. The minimum Gasteiger partial charge on any atom is -0.381 e. The van der Waals surface area contributed by atoms with Gasteiger partial charge in [-0.3, -0.25) is 0 Å². The molecule has 0 aliphatic carbocycles. The molecule has 2 aromatic rings. The molecule has 1 N–H and O–H groups in total. The molecule has 0 amide bonds. The molecule has 0 heterocycles. The van der Waals surface area contributed by atoms with E-state index in [0.717, 1.165) is 24.6 Å². The zero-order valence-electron chi connectivity index (χ0n) is 10.9. The second-order valence-electron chi connectivity index (χ2n) is 4.47. The van der Waals surface area contributed by atoms with Crippen molar-refractivity contribution in [1.29, 1.82) is 0 Å². The lowest BCUT2D eigenvalue weighted by atomic mass is 10.1. The van der Waals surface area contributed by atoms with Crippen LogP contribution in [0, 0.1) is 11.6 Å². The number of aryl methyl sites for hydroxylation is 1. The molecule has 0 spiro atoms. The molecular formula is C16H17F2N. The van der Waals surface area contributed by atoms with Gasteiger partial charge in [0.1, 0.15) is 0 Å². The Hall–Kier alpha value is -1.90. The second-order valence-corrected chi connectivity index (χ2v) is 4.47. The van der Waals surface area contributed by atoms with E-state index in [2.05, 4.69) is 12.2 Å². The monoisotopic (exact) mass is 261 g/mol. The minimum atomic E-state index is -0.804. The third kappa shape index (κ3) is 3.31. The van der Waals surface area contributed by atoms with Gasteiger partial charge < -0.3 is 5.32 Å². The summed E-state index contributed by atoms with van der Waals surface area (Å²) in [5, 5.41) is 3.18. The molecule has 100 valence electrons. The van der Waals surface area contributed by atoms with Crippen molar-refractivity contribution < 1.29 is 8.78 Å². The van der Waals surface area contributed by atoms with Gasteiger partial charge in [-0.25, -0.2) is 8.78 Å². The summed E-state index contributed by atoms with van der Waals surface area (Å²) in [7, 11) is 0. The van der Waals surface area contributed by atoms with Gasteiger partial charge in [0, 0.05) is 17.8 Å². The molecule has 2 aromatic carbocycles. The predicted molar refractivity (Wildman–Crippen MR) is 74.1 cm³/mol. The van der Waals surface area contributed by atoms with Crippen molar-refractivity contribution in [3.63, 3.8) is 0 Å². The van der Waals surface area contributed by atoms with Gasteiger partial charge in [0.15, 0.2) is 11.6 Å². The molecule has 0 bridgehead atoms.